The van der Waals surface area contributed by atoms with E-state index in [1.54, 1.807) is 0 Å². The summed E-state index contributed by atoms with van der Waals surface area (Å²) in [6, 6.07) is 77.4. The van der Waals surface area contributed by atoms with Crippen LogP contribution in [0.2, 0.25) is 0 Å². The van der Waals surface area contributed by atoms with Gasteiger partial charge in [-0.05, 0) is 107 Å². The van der Waals surface area contributed by atoms with Crippen molar-refractivity contribution in [2.45, 2.75) is 0 Å². The molecule has 0 bridgehead atoms. The fourth-order valence-corrected chi connectivity index (χ4v) is 8.15. The van der Waals surface area contributed by atoms with Crippen molar-refractivity contribution in [3.63, 3.8) is 0 Å². The van der Waals surface area contributed by atoms with Crippen LogP contribution in [0.5, 0.6) is 0 Å². The zero-order chi connectivity index (χ0) is 35.1. The molecule has 0 radical (unpaired) electrons. The number of hydrogen-bond donors (Lipinski definition) is 0. The largest absolute Gasteiger partial charge is 0.310 e. The van der Waals surface area contributed by atoms with Crippen LogP contribution >= 0.6 is 0 Å². The summed E-state index contributed by atoms with van der Waals surface area (Å²) < 4.78 is 0. The van der Waals surface area contributed by atoms with Crippen LogP contribution in [0.4, 0.5) is 17.1 Å². The number of fused-ring (bicyclic) bond motifs is 5. The van der Waals surface area contributed by atoms with Crippen molar-refractivity contribution in [1.29, 1.82) is 0 Å². The highest BCUT2D eigenvalue weighted by Crippen LogP contribution is 2.47. The predicted molar refractivity (Wildman–Crippen MR) is 227 cm³/mol. The lowest BCUT2D eigenvalue weighted by Gasteiger charge is -2.28. The van der Waals surface area contributed by atoms with E-state index in [2.05, 4.69) is 217 Å². The summed E-state index contributed by atoms with van der Waals surface area (Å²) in [6.45, 7) is 0. The number of anilines is 3. The van der Waals surface area contributed by atoms with Gasteiger partial charge >= 0.3 is 0 Å². The van der Waals surface area contributed by atoms with Crippen molar-refractivity contribution < 1.29 is 0 Å². The summed E-state index contributed by atoms with van der Waals surface area (Å²) in [7, 11) is 0. The summed E-state index contributed by atoms with van der Waals surface area (Å²) in [4.78, 5) is 2.44. The minimum atomic E-state index is 1.11. The van der Waals surface area contributed by atoms with Gasteiger partial charge in [-0.25, -0.2) is 0 Å². The van der Waals surface area contributed by atoms with Crippen LogP contribution in [-0.2, 0) is 0 Å². The Hall–Kier alpha value is -6.96. The first-order valence-corrected chi connectivity index (χ1v) is 18.3. The molecule has 0 aromatic heterocycles. The number of nitrogens with zero attached hydrogens (tertiary/aromatic N) is 1. The lowest BCUT2D eigenvalue weighted by atomic mass is 9.85. The molecule has 10 aromatic carbocycles. The van der Waals surface area contributed by atoms with Crippen molar-refractivity contribution in [1.82, 2.24) is 0 Å². The van der Waals surface area contributed by atoms with Gasteiger partial charge in [-0.3, -0.25) is 0 Å². The van der Waals surface area contributed by atoms with E-state index in [9.17, 15) is 0 Å². The Kier molecular flexibility index (Phi) is 7.55. The highest BCUT2D eigenvalue weighted by molar-refractivity contribution is 6.22. The molecule has 0 unspecified atom stereocenters. The third kappa shape index (κ3) is 5.42. The maximum atomic E-state index is 2.44. The molecule has 1 heteroatoms. The van der Waals surface area contributed by atoms with Gasteiger partial charge in [0.2, 0.25) is 0 Å². The fourth-order valence-electron chi connectivity index (χ4n) is 8.15. The van der Waals surface area contributed by atoms with Gasteiger partial charge in [0, 0.05) is 16.8 Å². The molecule has 1 nitrogen and oxygen atoms in total. The Balaban J connectivity index is 1.27. The molecule has 0 N–H and O–H groups in total. The second-order valence-electron chi connectivity index (χ2n) is 13.7. The van der Waals surface area contributed by atoms with Gasteiger partial charge in [0.25, 0.3) is 0 Å². The number of benzene rings is 10. The maximum Gasteiger partial charge on any atom is 0.0540 e. The summed E-state index contributed by atoms with van der Waals surface area (Å²) in [5.41, 5.74) is 10.7. The Bertz CT molecular complexity index is 2940. The van der Waals surface area contributed by atoms with E-state index in [1.165, 1.54) is 76.5 Å². The molecule has 0 aliphatic heterocycles. The first-order valence-electron chi connectivity index (χ1n) is 18.3. The van der Waals surface area contributed by atoms with Gasteiger partial charge in [0.15, 0.2) is 0 Å². The van der Waals surface area contributed by atoms with E-state index in [1.807, 2.05) is 0 Å². The molecule has 10 rings (SSSR count). The molecule has 0 heterocycles. The second kappa shape index (κ2) is 13.0. The number of rotatable bonds is 6. The standard InChI is InChI=1S/C52H35N/c1-3-17-38(18-4-1)51-48-27-12-11-26-46(48)47-32-31-44(35-49(47)52(51)39-19-5-2-6-20-39)53(50-28-14-22-37-16-9-10-25-45(37)50)43-24-13-23-41(34-43)42-30-29-36-15-7-8-21-40(36)33-42/h1-35H. The monoisotopic (exact) mass is 673 g/mol. The lowest BCUT2D eigenvalue weighted by Crippen LogP contribution is -2.10. The molecule has 0 fully saturated rings. The Morgan fingerprint density at radius 2 is 0.774 bits per heavy atom. The topological polar surface area (TPSA) is 3.24 Å². The third-order valence-electron chi connectivity index (χ3n) is 10.6. The van der Waals surface area contributed by atoms with Crippen LogP contribution in [0.25, 0.3) is 76.5 Å². The highest BCUT2D eigenvalue weighted by Gasteiger charge is 2.21. The van der Waals surface area contributed by atoms with Gasteiger partial charge < -0.3 is 4.90 Å². The van der Waals surface area contributed by atoms with Crippen molar-refractivity contribution in [3.8, 4) is 33.4 Å². The van der Waals surface area contributed by atoms with Gasteiger partial charge in [-0.1, -0.05) is 176 Å². The van der Waals surface area contributed by atoms with Crippen LogP contribution in [-0.4, -0.2) is 0 Å². The van der Waals surface area contributed by atoms with E-state index in [0.29, 0.717) is 0 Å². The molecule has 0 atom stereocenters. The number of hydrogen-bond acceptors (Lipinski definition) is 1. The average molecular weight is 674 g/mol. The van der Waals surface area contributed by atoms with Crippen molar-refractivity contribution in [2.75, 3.05) is 4.90 Å². The zero-order valence-electron chi connectivity index (χ0n) is 29.2. The van der Waals surface area contributed by atoms with Crippen LogP contribution < -0.4 is 4.90 Å². The quantitative estimate of drug-likeness (QED) is 0.159. The smallest absolute Gasteiger partial charge is 0.0540 e. The summed E-state index contributed by atoms with van der Waals surface area (Å²) in [5.74, 6) is 0. The van der Waals surface area contributed by atoms with Gasteiger partial charge in [0.05, 0.1) is 5.69 Å². The van der Waals surface area contributed by atoms with Crippen molar-refractivity contribution in [3.05, 3.63) is 212 Å². The van der Waals surface area contributed by atoms with Crippen LogP contribution in [0.15, 0.2) is 212 Å². The first-order chi connectivity index (χ1) is 26.3. The first kappa shape index (κ1) is 30.8. The molecule has 0 aliphatic rings. The summed E-state index contributed by atoms with van der Waals surface area (Å²) >= 11 is 0. The molecular formula is C52H35N. The van der Waals surface area contributed by atoms with Gasteiger partial charge in [-0.15, -0.1) is 0 Å². The highest BCUT2D eigenvalue weighted by atomic mass is 15.1. The van der Waals surface area contributed by atoms with Crippen LogP contribution in [0, 0.1) is 0 Å². The van der Waals surface area contributed by atoms with Gasteiger partial charge in [-0.2, -0.15) is 0 Å². The maximum absolute atomic E-state index is 2.44. The molecule has 0 saturated heterocycles. The molecule has 0 amide bonds. The zero-order valence-corrected chi connectivity index (χ0v) is 29.2. The molecule has 0 aliphatic carbocycles. The minimum Gasteiger partial charge on any atom is -0.310 e. The fraction of sp³-hybridized carbons (Fsp3) is 0. The predicted octanol–water partition coefficient (Wildman–Crippen LogP) is 14.8. The van der Waals surface area contributed by atoms with E-state index < -0.39 is 0 Å². The molecular weight excluding hydrogens is 639 g/mol. The second-order valence-corrected chi connectivity index (χ2v) is 13.7. The lowest BCUT2D eigenvalue weighted by molar-refractivity contribution is 1.30. The van der Waals surface area contributed by atoms with Gasteiger partial charge in [0.1, 0.15) is 0 Å². The minimum absolute atomic E-state index is 1.11. The van der Waals surface area contributed by atoms with E-state index in [0.717, 1.165) is 17.1 Å². The summed E-state index contributed by atoms with van der Waals surface area (Å²) in [6.07, 6.45) is 0. The van der Waals surface area contributed by atoms with Crippen LogP contribution in [0.1, 0.15) is 0 Å². The Morgan fingerprint density at radius 3 is 1.55 bits per heavy atom. The Labute approximate surface area is 309 Å². The molecule has 248 valence electrons. The molecule has 10 aromatic rings. The third-order valence-corrected chi connectivity index (χ3v) is 10.6. The van der Waals surface area contributed by atoms with E-state index in [4.69, 9.17) is 0 Å². The van der Waals surface area contributed by atoms with E-state index >= 15 is 0 Å². The van der Waals surface area contributed by atoms with Crippen molar-refractivity contribution >= 4 is 60.2 Å². The molecule has 53 heavy (non-hydrogen) atoms. The molecule has 0 spiro atoms. The van der Waals surface area contributed by atoms with Crippen molar-refractivity contribution in [2.24, 2.45) is 0 Å². The van der Waals surface area contributed by atoms with Crippen LogP contribution in [0.3, 0.4) is 0 Å². The Morgan fingerprint density at radius 1 is 0.245 bits per heavy atom. The SMILES string of the molecule is c1ccc(-c2c(-c3ccccc3)c3cc(N(c4cccc(-c5ccc6ccccc6c5)c4)c4cccc5ccccc45)ccc3c3ccccc23)cc1. The summed E-state index contributed by atoms with van der Waals surface area (Å²) in [5, 5.41) is 9.88. The molecule has 0 saturated carbocycles. The van der Waals surface area contributed by atoms with E-state index in [-0.39, 0.29) is 0 Å². The normalized spacial score (nSPS) is 11.4. The average Bonchev–Trinajstić information content (AvgIpc) is 3.24.